The molecule has 152 valence electrons. The molecule has 1 aliphatic rings. The summed E-state index contributed by atoms with van der Waals surface area (Å²) in [5.41, 5.74) is 2.91. The lowest BCUT2D eigenvalue weighted by Gasteiger charge is -2.35. The molecular weight excluding hydrogens is 388 g/mol. The molecule has 2 N–H and O–H groups in total. The second kappa shape index (κ2) is 8.30. The number of piperazine rings is 1. The molecule has 9 heteroatoms. The lowest BCUT2D eigenvalue weighted by Crippen LogP contribution is -2.46. The largest absolute Gasteiger partial charge is 0.368 e. The minimum Gasteiger partial charge on any atom is -0.368 e. The Hall–Kier alpha value is -2.78. The van der Waals surface area contributed by atoms with E-state index < -0.39 is 0 Å². The van der Waals surface area contributed by atoms with E-state index in [0.29, 0.717) is 11.3 Å². The summed E-state index contributed by atoms with van der Waals surface area (Å²) in [5.74, 6) is -0.176. The van der Waals surface area contributed by atoms with E-state index in [1.807, 2.05) is 19.1 Å². The summed E-state index contributed by atoms with van der Waals surface area (Å²) in [5, 5.41) is 3.60. The van der Waals surface area contributed by atoms with Crippen molar-refractivity contribution in [3.8, 4) is 0 Å². The maximum absolute atomic E-state index is 12.0. The molecule has 29 heavy (non-hydrogen) atoms. The zero-order valence-corrected chi connectivity index (χ0v) is 17.4. The number of hydrogen-bond donors (Lipinski definition) is 2. The highest BCUT2D eigenvalue weighted by Gasteiger charge is 2.19. The number of carbonyl (C=O) groups excluding carboxylic acids is 1. The van der Waals surface area contributed by atoms with Gasteiger partial charge in [-0.3, -0.25) is 14.5 Å². The lowest BCUT2D eigenvalue weighted by molar-refractivity contribution is 0.0958. The predicted molar refractivity (Wildman–Crippen MR) is 115 cm³/mol. The Morgan fingerprint density at radius 2 is 2.07 bits per heavy atom. The smallest absolute Gasteiger partial charge is 0.269 e. The van der Waals surface area contributed by atoms with Gasteiger partial charge in [-0.25, -0.2) is 9.97 Å². The highest BCUT2D eigenvalue weighted by atomic mass is 32.1. The minimum atomic E-state index is -0.176. The molecule has 1 aliphatic heterocycles. The van der Waals surface area contributed by atoms with Gasteiger partial charge < -0.3 is 15.2 Å². The van der Waals surface area contributed by atoms with Crippen molar-refractivity contribution in [3.05, 3.63) is 51.0 Å². The van der Waals surface area contributed by atoms with Gasteiger partial charge in [0.1, 0.15) is 10.7 Å². The molecule has 4 heterocycles. The molecule has 0 spiro atoms. The monoisotopic (exact) mass is 412 g/mol. The number of amides is 1. The number of carbonyl (C=O) groups is 1. The Kier molecular flexibility index (Phi) is 5.59. The van der Waals surface area contributed by atoms with E-state index in [-0.39, 0.29) is 11.5 Å². The zero-order chi connectivity index (χ0) is 20.4. The number of anilines is 1. The number of H-pyrrole nitrogens is 1. The Bertz CT molecular complexity index is 1070. The number of rotatable bonds is 5. The molecule has 0 saturated carbocycles. The Morgan fingerprint density at radius 1 is 1.28 bits per heavy atom. The van der Waals surface area contributed by atoms with Crippen LogP contribution in [0.5, 0.6) is 0 Å². The van der Waals surface area contributed by atoms with Crippen LogP contribution in [0.15, 0.2) is 29.2 Å². The van der Waals surface area contributed by atoms with E-state index in [2.05, 4.69) is 30.1 Å². The van der Waals surface area contributed by atoms with E-state index >= 15 is 0 Å². The number of aromatic nitrogens is 3. The fourth-order valence-electron chi connectivity index (χ4n) is 3.50. The molecule has 0 radical (unpaired) electrons. The van der Waals surface area contributed by atoms with Crippen molar-refractivity contribution in [3.63, 3.8) is 0 Å². The fourth-order valence-corrected chi connectivity index (χ4v) is 4.53. The summed E-state index contributed by atoms with van der Waals surface area (Å²) < 4.78 is 1.04. The first-order valence-corrected chi connectivity index (χ1v) is 10.6. The third-order valence-corrected chi connectivity index (χ3v) is 6.20. The summed E-state index contributed by atoms with van der Waals surface area (Å²) in [6.45, 7) is 6.39. The van der Waals surface area contributed by atoms with Crippen LogP contribution < -0.4 is 15.8 Å². The number of aryl methyl sites for hydroxylation is 1. The topological polar surface area (TPSA) is 94.2 Å². The van der Waals surface area contributed by atoms with E-state index in [0.717, 1.165) is 60.1 Å². The molecule has 4 rings (SSSR count). The fraction of sp³-hybridized carbons (Fsp3) is 0.400. The van der Waals surface area contributed by atoms with Gasteiger partial charge >= 0.3 is 0 Å². The van der Waals surface area contributed by atoms with Crippen LogP contribution in [0.25, 0.3) is 10.3 Å². The number of hydrogen-bond acceptors (Lipinski definition) is 7. The Labute approximate surface area is 172 Å². The van der Waals surface area contributed by atoms with Crippen LogP contribution in [0.3, 0.4) is 0 Å². The number of pyridine rings is 2. The van der Waals surface area contributed by atoms with Crippen molar-refractivity contribution in [2.24, 2.45) is 0 Å². The lowest BCUT2D eigenvalue weighted by atomic mass is 10.2. The quantitative estimate of drug-likeness (QED) is 0.661. The normalized spacial score (nSPS) is 15.0. The van der Waals surface area contributed by atoms with Crippen molar-refractivity contribution in [2.75, 3.05) is 38.1 Å². The van der Waals surface area contributed by atoms with Crippen molar-refractivity contribution < 1.29 is 4.79 Å². The molecular formula is C20H24N6O2S. The average Bonchev–Trinajstić information content (AvgIpc) is 3.14. The van der Waals surface area contributed by atoms with Gasteiger partial charge in [0.15, 0.2) is 5.65 Å². The van der Waals surface area contributed by atoms with Crippen LogP contribution in [-0.2, 0) is 13.0 Å². The van der Waals surface area contributed by atoms with E-state index in [1.54, 1.807) is 30.6 Å². The highest BCUT2D eigenvalue weighted by Crippen LogP contribution is 2.23. The van der Waals surface area contributed by atoms with Crippen molar-refractivity contribution in [2.45, 2.75) is 19.9 Å². The van der Waals surface area contributed by atoms with Crippen molar-refractivity contribution in [1.82, 2.24) is 25.2 Å². The summed E-state index contributed by atoms with van der Waals surface area (Å²) >= 11 is 1.65. The van der Waals surface area contributed by atoms with E-state index in [9.17, 15) is 9.59 Å². The Morgan fingerprint density at radius 3 is 2.72 bits per heavy atom. The van der Waals surface area contributed by atoms with Crippen molar-refractivity contribution in [1.29, 1.82) is 0 Å². The highest BCUT2D eigenvalue weighted by molar-refractivity contribution is 7.18. The maximum Gasteiger partial charge on any atom is 0.269 e. The molecule has 0 aliphatic carbocycles. The zero-order valence-electron chi connectivity index (χ0n) is 16.6. The first kappa shape index (κ1) is 19.5. The van der Waals surface area contributed by atoms with Gasteiger partial charge in [0.25, 0.3) is 11.5 Å². The molecule has 0 atom stereocenters. The molecule has 1 fully saturated rings. The molecule has 8 nitrogen and oxygen atoms in total. The van der Waals surface area contributed by atoms with Crippen LogP contribution >= 0.6 is 11.3 Å². The van der Waals surface area contributed by atoms with Gasteiger partial charge in [-0.2, -0.15) is 0 Å². The Balaban J connectivity index is 1.38. The maximum atomic E-state index is 12.0. The standard InChI is InChI=1S/C20H24N6O2S/c1-3-13-10-16-18(24-19(13)27)23-17(29-16)12-25-6-8-26(9-7-25)14-4-5-15(22-11-14)20(28)21-2/h4-5,10-11H,3,6-9,12H2,1-2H3,(H,21,28)(H,24,27). The van der Waals surface area contributed by atoms with Crippen LogP contribution in [0.4, 0.5) is 5.69 Å². The molecule has 0 aromatic carbocycles. The summed E-state index contributed by atoms with van der Waals surface area (Å²) in [4.78, 5) is 40.0. The molecule has 0 unspecified atom stereocenters. The number of nitrogens with zero attached hydrogens (tertiary/aromatic N) is 4. The number of thiazole rings is 1. The number of nitrogens with one attached hydrogen (secondary N) is 2. The van der Waals surface area contributed by atoms with Crippen LogP contribution in [0.1, 0.15) is 28.0 Å². The summed E-state index contributed by atoms with van der Waals surface area (Å²) in [6.07, 6.45) is 2.48. The van der Waals surface area contributed by atoms with Gasteiger partial charge in [0.2, 0.25) is 0 Å². The summed E-state index contributed by atoms with van der Waals surface area (Å²) in [6, 6.07) is 5.66. The number of aromatic amines is 1. The second-order valence-electron chi connectivity index (χ2n) is 7.04. The van der Waals surface area contributed by atoms with Gasteiger partial charge in [0.05, 0.1) is 23.1 Å². The van der Waals surface area contributed by atoms with E-state index in [4.69, 9.17) is 0 Å². The van der Waals surface area contributed by atoms with Gasteiger partial charge in [-0.15, -0.1) is 11.3 Å². The van der Waals surface area contributed by atoms with Crippen LogP contribution in [0.2, 0.25) is 0 Å². The third kappa shape index (κ3) is 4.15. The third-order valence-electron chi connectivity index (χ3n) is 5.21. The molecule has 1 saturated heterocycles. The first-order chi connectivity index (χ1) is 14.1. The predicted octanol–water partition coefficient (Wildman–Crippen LogP) is 1.62. The molecule has 3 aromatic heterocycles. The van der Waals surface area contributed by atoms with Crippen LogP contribution in [0, 0.1) is 0 Å². The van der Waals surface area contributed by atoms with Gasteiger partial charge in [-0.05, 0) is 24.6 Å². The SMILES string of the molecule is CCc1cc2sc(CN3CCN(c4ccc(C(=O)NC)nc4)CC3)nc2[nH]c1=O. The number of fused-ring (bicyclic) bond motifs is 1. The molecule has 0 bridgehead atoms. The molecule has 3 aromatic rings. The molecule has 1 amide bonds. The van der Waals surface area contributed by atoms with Gasteiger partial charge in [0, 0.05) is 38.8 Å². The van der Waals surface area contributed by atoms with E-state index in [1.165, 1.54) is 0 Å². The van der Waals surface area contributed by atoms with Crippen LogP contribution in [-0.4, -0.2) is 59.0 Å². The first-order valence-electron chi connectivity index (χ1n) is 9.74. The van der Waals surface area contributed by atoms with Crippen molar-refractivity contribution >= 4 is 33.3 Å². The minimum absolute atomic E-state index is 0.0403. The van der Waals surface area contributed by atoms with Gasteiger partial charge in [-0.1, -0.05) is 6.92 Å². The average molecular weight is 413 g/mol. The summed E-state index contributed by atoms with van der Waals surface area (Å²) in [7, 11) is 1.60. The second-order valence-corrected chi connectivity index (χ2v) is 8.16.